The number of rotatable bonds is 5. The van der Waals surface area contributed by atoms with E-state index in [0.29, 0.717) is 11.5 Å². The Kier molecular flexibility index (Phi) is 8.69. The highest BCUT2D eigenvalue weighted by molar-refractivity contribution is 6.32. The first-order valence-corrected chi connectivity index (χ1v) is 10.9. The zero-order chi connectivity index (χ0) is 27.2. The molecule has 4 rings (SSSR count). The number of ether oxygens (including phenoxy) is 2. The first kappa shape index (κ1) is 27.4. The van der Waals surface area contributed by atoms with Crippen molar-refractivity contribution in [3.05, 3.63) is 111 Å². The first-order chi connectivity index (χ1) is 17.4. The molecule has 192 valence electrons. The van der Waals surface area contributed by atoms with Crippen LogP contribution in [0, 0.1) is 10.1 Å². The van der Waals surface area contributed by atoms with Crippen molar-refractivity contribution in [2.24, 2.45) is 0 Å². The first-order valence-electron chi connectivity index (χ1n) is 10.2. The van der Waals surface area contributed by atoms with Crippen molar-refractivity contribution < 1.29 is 37.8 Å². The Balaban J connectivity index is 0.000000206. The van der Waals surface area contributed by atoms with E-state index in [9.17, 15) is 23.3 Å². The lowest BCUT2D eigenvalue weighted by molar-refractivity contribution is -0.384. The van der Waals surface area contributed by atoms with Gasteiger partial charge in [0, 0.05) is 17.2 Å². The van der Waals surface area contributed by atoms with Gasteiger partial charge in [-0.1, -0.05) is 23.2 Å². The van der Waals surface area contributed by atoms with Gasteiger partial charge in [0.1, 0.15) is 34.5 Å². The molecule has 37 heavy (non-hydrogen) atoms. The minimum absolute atomic E-state index is 0.000462. The number of nitro groups is 1. The molecule has 0 aliphatic rings. The molecular formula is C25H16Cl2F3NO6. The highest BCUT2D eigenvalue weighted by Crippen LogP contribution is 2.39. The van der Waals surface area contributed by atoms with Crippen molar-refractivity contribution in [1.82, 2.24) is 0 Å². The minimum Gasteiger partial charge on any atom is -0.508 e. The molecule has 0 heterocycles. The number of phenolic OH excluding ortho intramolecular Hbond substituents is 2. The van der Waals surface area contributed by atoms with Gasteiger partial charge in [-0.25, -0.2) is 0 Å². The van der Waals surface area contributed by atoms with Crippen LogP contribution in [0.2, 0.25) is 10.0 Å². The van der Waals surface area contributed by atoms with Gasteiger partial charge in [-0.3, -0.25) is 10.1 Å². The summed E-state index contributed by atoms with van der Waals surface area (Å²) in [5.74, 6) is 0.751. The molecule has 12 heteroatoms. The molecule has 0 aliphatic carbocycles. The van der Waals surface area contributed by atoms with Gasteiger partial charge in [0.25, 0.3) is 5.69 Å². The fourth-order valence-corrected chi connectivity index (χ4v) is 3.17. The SMILES string of the molecule is O=[N+]([O-])c1ccc(Oc2ccc(O)cc2)c(Cl)c1.Oc1ccc(Oc2ccc(Cl)cc2C(F)(F)F)cc1. The third-order valence-electron chi connectivity index (χ3n) is 4.50. The normalized spacial score (nSPS) is 10.7. The van der Waals surface area contributed by atoms with Gasteiger partial charge in [0.15, 0.2) is 0 Å². The zero-order valence-corrected chi connectivity index (χ0v) is 20.0. The van der Waals surface area contributed by atoms with Crippen molar-refractivity contribution in [3.8, 4) is 34.5 Å². The van der Waals surface area contributed by atoms with Gasteiger partial charge < -0.3 is 19.7 Å². The molecule has 0 bridgehead atoms. The summed E-state index contributed by atoms with van der Waals surface area (Å²) in [4.78, 5) is 10.0. The highest BCUT2D eigenvalue weighted by Gasteiger charge is 2.34. The van der Waals surface area contributed by atoms with Crippen LogP contribution in [0.3, 0.4) is 0 Å². The Labute approximate surface area is 218 Å². The molecule has 0 atom stereocenters. The molecule has 0 saturated carbocycles. The average molecular weight is 554 g/mol. The van der Waals surface area contributed by atoms with Gasteiger partial charge in [-0.2, -0.15) is 13.2 Å². The molecule has 0 amide bonds. The topological polar surface area (TPSA) is 102 Å². The van der Waals surface area contributed by atoms with Crippen LogP contribution >= 0.6 is 23.2 Å². The Bertz CT molecular complexity index is 1380. The van der Waals surface area contributed by atoms with E-state index < -0.39 is 16.7 Å². The summed E-state index contributed by atoms with van der Waals surface area (Å²) < 4.78 is 49.0. The summed E-state index contributed by atoms with van der Waals surface area (Å²) in [6, 6.07) is 18.6. The number of benzene rings is 4. The van der Waals surface area contributed by atoms with Crippen molar-refractivity contribution >= 4 is 28.9 Å². The molecule has 0 radical (unpaired) electrons. The summed E-state index contributed by atoms with van der Waals surface area (Å²) >= 11 is 11.4. The summed E-state index contributed by atoms with van der Waals surface area (Å²) in [7, 11) is 0. The van der Waals surface area contributed by atoms with E-state index in [1.807, 2.05) is 0 Å². The van der Waals surface area contributed by atoms with E-state index in [2.05, 4.69) is 0 Å². The Morgan fingerprint density at radius 2 is 1.22 bits per heavy atom. The average Bonchev–Trinajstić information content (AvgIpc) is 2.84. The molecule has 0 spiro atoms. The third kappa shape index (κ3) is 7.92. The maximum atomic E-state index is 12.8. The van der Waals surface area contributed by atoms with Crippen LogP contribution in [0.1, 0.15) is 5.56 Å². The minimum atomic E-state index is -4.56. The van der Waals surface area contributed by atoms with Gasteiger partial charge in [0.05, 0.1) is 15.5 Å². The summed E-state index contributed by atoms with van der Waals surface area (Å²) in [6.45, 7) is 0. The van der Waals surface area contributed by atoms with Crippen LogP contribution < -0.4 is 9.47 Å². The molecule has 0 aliphatic heterocycles. The summed E-state index contributed by atoms with van der Waals surface area (Å²) in [5, 5.41) is 28.9. The summed E-state index contributed by atoms with van der Waals surface area (Å²) in [5.41, 5.74) is -1.05. The van der Waals surface area contributed by atoms with Crippen LogP contribution in [0.15, 0.2) is 84.9 Å². The number of nitrogens with zero attached hydrogens (tertiary/aromatic N) is 1. The molecule has 7 nitrogen and oxygen atoms in total. The van der Waals surface area contributed by atoms with Crippen LogP contribution in [-0.4, -0.2) is 15.1 Å². The van der Waals surface area contributed by atoms with Crippen molar-refractivity contribution in [2.75, 3.05) is 0 Å². The molecular weight excluding hydrogens is 538 g/mol. The van der Waals surface area contributed by atoms with Crippen molar-refractivity contribution in [3.63, 3.8) is 0 Å². The largest absolute Gasteiger partial charge is 0.508 e. The van der Waals surface area contributed by atoms with Gasteiger partial charge in [-0.05, 0) is 72.8 Å². The van der Waals surface area contributed by atoms with Crippen molar-refractivity contribution in [1.29, 1.82) is 0 Å². The molecule has 4 aromatic carbocycles. The van der Waals surface area contributed by atoms with E-state index >= 15 is 0 Å². The number of hydrogen-bond donors (Lipinski definition) is 2. The van der Waals surface area contributed by atoms with Gasteiger partial charge in [-0.15, -0.1) is 0 Å². The molecule has 4 aromatic rings. The third-order valence-corrected chi connectivity index (χ3v) is 5.03. The fourth-order valence-electron chi connectivity index (χ4n) is 2.78. The zero-order valence-electron chi connectivity index (χ0n) is 18.4. The molecule has 0 aromatic heterocycles. The maximum absolute atomic E-state index is 12.8. The predicted octanol–water partition coefficient (Wildman–Crippen LogP) is 8.60. The van der Waals surface area contributed by atoms with E-state index in [0.717, 1.165) is 12.1 Å². The Morgan fingerprint density at radius 3 is 1.68 bits per heavy atom. The summed E-state index contributed by atoms with van der Waals surface area (Å²) in [6.07, 6.45) is -4.56. The number of aromatic hydroxyl groups is 2. The Hall–Kier alpha value is -4.15. The number of phenols is 2. The van der Waals surface area contributed by atoms with Crippen LogP contribution in [0.4, 0.5) is 18.9 Å². The van der Waals surface area contributed by atoms with Gasteiger partial charge in [0.2, 0.25) is 0 Å². The number of halogens is 5. The van der Waals surface area contributed by atoms with E-state index in [1.54, 1.807) is 12.1 Å². The van der Waals surface area contributed by atoms with Crippen molar-refractivity contribution in [2.45, 2.75) is 6.18 Å². The van der Waals surface area contributed by atoms with Crippen LogP contribution in [-0.2, 0) is 6.18 Å². The van der Waals surface area contributed by atoms with Crippen LogP contribution in [0.5, 0.6) is 34.5 Å². The number of alkyl halides is 3. The smallest absolute Gasteiger partial charge is 0.420 e. The maximum Gasteiger partial charge on any atom is 0.420 e. The number of non-ortho nitro benzene ring substituents is 1. The number of hydrogen-bond acceptors (Lipinski definition) is 6. The number of nitro benzene ring substituents is 1. The lowest BCUT2D eigenvalue weighted by atomic mass is 10.2. The molecule has 0 unspecified atom stereocenters. The predicted molar refractivity (Wildman–Crippen MR) is 131 cm³/mol. The van der Waals surface area contributed by atoms with Gasteiger partial charge >= 0.3 is 6.18 Å². The van der Waals surface area contributed by atoms with E-state index in [4.69, 9.17) is 42.9 Å². The standard InChI is InChI=1S/C13H8ClF3O2.C12H8ClNO4/c14-8-1-6-12(11(7-8)13(15,16)17)19-10-4-2-9(18)3-5-10;13-11-7-8(14(16)17)1-6-12(11)18-10-4-2-9(15)3-5-10/h1-7,18H;1-7,15H. The van der Waals surface area contributed by atoms with E-state index in [-0.39, 0.29) is 38.7 Å². The van der Waals surface area contributed by atoms with E-state index in [1.165, 1.54) is 60.7 Å². The highest BCUT2D eigenvalue weighted by atomic mass is 35.5. The quantitative estimate of drug-likeness (QED) is 0.189. The second-order valence-electron chi connectivity index (χ2n) is 7.20. The second-order valence-corrected chi connectivity index (χ2v) is 8.05. The lowest BCUT2D eigenvalue weighted by Gasteiger charge is -2.14. The second kappa shape index (κ2) is 11.7. The lowest BCUT2D eigenvalue weighted by Crippen LogP contribution is -2.07. The molecule has 0 fully saturated rings. The monoisotopic (exact) mass is 553 g/mol. The fraction of sp³-hybridized carbons (Fsp3) is 0.0400. The molecule has 0 saturated heterocycles. The Morgan fingerprint density at radius 1 is 0.730 bits per heavy atom. The van der Waals surface area contributed by atoms with Crippen LogP contribution in [0.25, 0.3) is 0 Å². The molecule has 2 N–H and O–H groups in total.